The molecule has 5 aliphatic rings. The van der Waals surface area contributed by atoms with Gasteiger partial charge in [0.2, 0.25) is 11.9 Å². The van der Waals surface area contributed by atoms with Gasteiger partial charge in [-0.2, -0.15) is 15.0 Å². The van der Waals surface area contributed by atoms with Gasteiger partial charge in [0.15, 0.2) is 29.1 Å². The Labute approximate surface area is 588 Å². The van der Waals surface area contributed by atoms with E-state index < -0.39 is 179 Å². The summed E-state index contributed by atoms with van der Waals surface area (Å²) in [4.78, 5) is 162. The highest BCUT2D eigenvalue weighted by atomic mass is 32.7. The van der Waals surface area contributed by atoms with Crippen LogP contribution in [0.2, 0.25) is 0 Å². The Morgan fingerprint density at radius 3 is 1.34 bits per heavy atom. The maximum absolute atomic E-state index is 14.6. The van der Waals surface area contributed by atoms with Crippen molar-refractivity contribution >= 4 is 115 Å². The van der Waals surface area contributed by atoms with Crippen molar-refractivity contribution in [2.24, 2.45) is 5.92 Å². The summed E-state index contributed by atoms with van der Waals surface area (Å²) < 4.78 is 98.6. The highest BCUT2D eigenvalue weighted by Gasteiger charge is 2.46. The summed E-state index contributed by atoms with van der Waals surface area (Å²) in [7, 11) is 0. The molecule has 0 saturated carbocycles. The second-order valence-corrected chi connectivity index (χ2v) is 35.1. The van der Waals surface area contributed by atoms with Crippen molar-refractivity contribution in [3.05, 3.63) is 121 Å². The zero-order chi connectivity index (χ0) is 72.5. The number of nitrogens with one attached hydrogen (secondary N) is 4. The lowest BCUT2D eigenvalue weighted by Gasteiger charge is -2.36. The van der Waals surface area contributed by atoms with Gasteiger partial charge in [0.1, 0.15) is 75.4 Å². The maximum atomic E-state index is 14.6. The van der Waals surface area contributed by atoms with Gasteiger partial charge in [0, 0.05) is 61.0 Å². The van der Waals surface area contributed by atoms with Crippen molar-refractivity contribution in [2.45, 2.75) is 159 Å². The van der Waals surface area contributed by atoms with Gasteiger partial charge >= 0.3 is 17.1 Å². The summed E-state index contributed by atoms with van der Waals surface area (Å²) in [6.07, 6.45) is -10.2. The van der Waals surface area contributed by atoms with E-state index in [2.05, 4.69) is 44.9 Å². The average molecular weight is 1560 g/mol. The SMILES string of the molecule is CC[C@H]1O[C@@H](n2cnc3c(=O)[nH]c(N)nc32)C[C@H]1OP([O-])(=S)OC[C@H]1O[C@@H](n2cc(C)c(=O)[nH]c2=O)C[C@H]1OP(=O)([S-])OC[C@H]1O[C@@H](n2cnc3c(=O)[nH]c(N)nc32)C[C@H]1OP([O-])(=S)OC[C@H]1O[C@@H](n2cc(C)c(N)nc2=O)C[C@H]1OP([O-])(=S)OC[C@H]1O[C@@H](n2cc(C)c(=O)[nH]c2=O)C[C@H]1C. The van der Waals surface area contributed by atoms with E-state index >= 15 is 0 Å². The number of aromatic nitrogens is 14. The van der Waals surface area contributed by atoms with Gasteiger partial charge in [-0.05, 0) is 39.5 Å². The quantitative estimate of drug-likeness (QED) is 0.0247. The summed E-state index contributed by atoms with van der Waals surface area (Å²) in [5.41, 5.74) is 13.2. The predicted molar refractivity (Wildman–Crippen MR) is 358 cm³/mol. The Balaban J connectivity index is 0.745. The molecule has 101 heavy (non-hydrogen) atoms. The molecular weight excluding hydrogens is 1500 g/mol. The van der Waals surface area contributed by atoms with Crippen LogP contribution in [-0.2, 0) is 112 Å². The largest absolute Gasteiger partial charge is 0.780 e. The van der Waals surface area contributed by atoms with E-state index in [0.717, 1.165) is 9.13 Å². The number of hydrogen-bond donors (Lipinski definition) is 7. The Bertz CT molecular complexity index is 4980. The van der Waals surface area contributed by atoms with Gasteiger partial charge in [-0.3, -0.25) is 66.5 Å². The number of nitrogens with zero attached hydrogens (tertiary/aromatic N) is 10. The van der Waals surface area contributed by atoms with Gasteiger partial charge in [-0.25, -0.2) is 24.4 Å². The average Bonchev–Trinajstić information content (AvgIpc) is 1.64. The molecule has 0 spiro atoms. The van der Waals surface area contributed by atoms with Crippen molar-refractivity contribution in [3.8, 4) is 0 Å². The van der Waals surface area contributed by atoms with Crippen LogP contribution in [0, 0.1) is 26.7 Å². The highest BCUT2D eigenvalue weighted by Crippen LogP contribution is 2.54. The van der Waals surface area contributed by atoms with Crippen molar-refractivity contribution < 1.29 is 79.1 Å². The van der Waals surface area contributed by atoms with Crippen molar-refractivity contribution in [3.63, 3.8) is 0 Å². The molecule has 5 aliphatic heterocycles. The summed E-state index contributed by atoms with van der Waals surface area (Å²) in [6.45, 7) is -13.4. The van der Waals surface area contributed by atoms with E-state index in [1.54, 1.807) is 20.8 Å². The number of hydrogen-bond acceptors (Lipinski definition) is 36. The number of aromatic amines is 4. The van der Waals surface area contributed by atoms with Gasteiger partial charge in [-0.1, -0.05) is 49.3 Å². The first kappa shape index (κ1) is 74.9. The molecular formula is C52H65N17O24P4S4-4. The van der Waals surface area contributed by atoms with E-state index in [-0.39, 0.29) is 82.8 Å². The molecule has 7 aromatic heterocycles. The lowest BCUT2D eigenvalue weighted by Crippen LogP contribution is -2.34. The molecule has 12 rings (SSSR count). The minimum absolute atomic E-state index is 0.0145. The van der Waals surface area contributed by atoms with Gasteiger partial charge in [0.25, 0.3) is 22.2 Å². The first-order valence-corrected chi connectivity index (χ1v) is 41.1. The number of ether oxygens (including phenoxy) is 5. The molecule has 19 atom stereocenters. The summed E-state index contributed by atoms with van der Waals surface area (Å²) in [5.74, 6) is -0.831. The van der Waals surface area contributed by atoms with Crippen LogP contribution in [0.15, 0.2) is 64.8 Å². The van der Waals surface area contributed by atoms with Crippen molar-refractivity contribution in [1.82, 2.24) is 67.7 Å². The highest BCUT2D eigenvalue weighted by molar-refractivity contribution is 8.32. The van der Waals surface area contributed by atoms with Gasteiger partial charge in [0.05, 0.1) is 75.7 Å². The number of aryl methyl sites for hydroxylation is 3. The molecule has 41 nitrogen and oxygen atoms in total. The third-order valence-corrected chi connectivity index (χ3v) is 23.5. The molecule has 5 fully saturated rings. The van der Waals surface area contributed by atoms with Gasteiger partial charge in [-0.15, -0.1) is 0 Å². The molecule has 12 heterocycles. The smallest absolute Gasteiger partial charge is 0.351 e. The third-order valence-electron chi connectivity index (χ3n) is 17.2. The summed E-state index contributed by atoms with van der Waals surface area (Å²) in [5, 5.41) is 0. The molecule has 550 valence electrons. The Hall–Kier alpha value is -5.77. The number of H-pyrrole nitrogens is 4. The molecule has 5 saturated heterocycles. The number of nitrogen functional groups attached to an aromatic ring is 3. The first-order chi connectivity index (χ1) is 47.6. The number of fused-ring (bicyclic) bond motifs is 2. The fraction of sp³-hybridized carbons (Fsp3) is 0.577. The minimum atomic E-state index is -4.85. The van der Waals surface area contributed by atoms with Crippen LogP contribution in [0.4, 0.5) is 17.7 Å². The molecule has 4 unspecified atom stereocenters. The Morgan fingerprint density at radius 1 is 0.515 bits per heavy atom. The monoisotopic (exact) mass is 1560 g/mol. The lowest BCUT2D eigenvalue weighted by atomic mass is 10.0. The van der Waals surface area contributed by atoms with E-state index in [9.17, 15) is 52.8 Å². The van der Waals surface area contributed by atoms with Crippen LogP contribution < -0.4 is 71.2 Å². The van der Waals surface area contributed by atoms with E-state index in [4.69, 9.17) is 125 Å². The second kappa shape index (κ2) is 29.6. The van der Waals surface area contributed by atoms with Crippen LogP contribution in [0.3, 0.4) is 0 Å². The van der Waals surface area contributed by atoms with E-state index in [0.29, 0.717) is 18.4 Å². The molecule has 0 aromatic carbocycles. The first-order valence-electron chi connectivity index (χ1n) is 30.9. The van der Waals surface area contributed by atoms with Crippen LogP contribution in [0.25, 0.3) is 22.3 Å². The molecule has 0 bridgehead atoms. The fourth-order valence-corrected chi connectivity index (χ4v) is 18.0. The molecule has 0 radical (unpaired) electrons. The van der Waals surface area contributed by atoms with E-state index in [1.165, 1.54) is 58.8 Å². The van der Waals surface area contributed by atoms with Crippen LogP contribution in [0.5, 0.6) is 0 Å². The van der Waals surface area contributed by atoms with Crippen LogP contribution in [-0.4, -0.2) is 149 Å². The summed E-state index contributed by atoms with van der Waals surface area (Å²) >= 11 is 21.7. The molecule has 49 heteroatoms. The number of nitrogens with two attached hydrogens (primary N) is 3. The normalized spacial score (nSPS) is 29.3. The van der Waals surface area contributed by atoms with Crippen molar-refractivity contribution in [2.75, 3.05) is 43.6 Å². The molecule has 0 amide bonds. The summed E-state index contributed by atoms with van der Waals surface area (Å²) in [6, 6.07) is 0. The third kappa shape index (κ3) is 16.8. The molecule has 0 aliphatic carbocycles. The minimum Gasteiger partial charge on any atom is -0.780 e. The zero-order valence-electron chi connectivity index (χ0n) is 53.5. The number of imidazole rings is 2. The number of anilines is 3. The standard InChI is InChI=1S/C52H69N17O24P4S4/c1-6-25-26(8-37(85-25)68-19-56-39-42(68)59-48(54)61-46(39)72)90-95(78,99)82-16-32-28(10-36(88-32)67-14-24(5)45(71)64-52(67)76)92-96(79,100)84-18-33-29(11-38(89-33)69-20-57-40-43(69)60-49(55)62-47(40)73)93-97(80,101)83-17-31-27(9-35(87-31)65-12-22(3)41(53)58-50(65)74)91-94(77,98)81-15-30-21(2)7-34(86-30)66-13-23(4)44(70)63-51(66)75/h12-14,19-21,25-38H,6-11,15-18H2,1-5H3,(H,77,98)(H,78,99)(H,79,100)(H,80,101)(H2,53,58,74)(H,63,70,75)(H,64,71,76)(H3,54,59,61,72)(H3,55,60,62,73)/p-4/t21-,25-,26-,27-,28-,29-,30-,31-,32-,33-,34-,35-,36-,37-,38-,94?,95?,96?,97?/m1/s1. The lowest BCUT2D eigenvalue weighted by molar-refractivity contribution is -0.219. The zero-order valence-corrected chi connectivity index (χ0v) is 60.4. The Morgan fingerprint density at radius 2 is 0.881 bits per heavy atom. The maximum Gasteiger partial charge on any atom is 0.351 e. The molecule has 10 N–H and O–H groups in total. The number of rotatable bonds is 26. The molecule has 7 aromatic rings. The van der Waals surface area contributed by atoms with E-state index in [1.807, 2.05) is 0 Å². The second-order valence-electron chi connectivity index (χ2n) is 24.3. The fourth-order valence-electron chi connectivity index (χ4n) is 12.1. The predicted octanol–water partition coefficient (Wildman–Crippen LogP) is -1.22. The van der Waals surface area contributed by atoms with Gasteiger partial charge < -0.3 is 104 Å². The van der Waals surface area contributed by atoms with Crippen LogP contribution >= 0.6 is 27.0 Å². The Kier molecular flexibility index (Phi) is 22.0. The topological polar surface area (TPSA) is 556 Å². The van der Waals surface area contributed by atoms with Crippen molar-refractivity contribution in [1.29, 1.82) is 0 Å². The van der Waals surface area contributed by atoms with Crippen LogP contribution in [0.1, 0.15) is 100 Å².